The highest BCUT2D eigenvalue weighted by molar-refractivity contribution is 5.89. The van der Waals surface area contributed by atoms with E-state index in [1.54, 1.807) is 4.90 Å². The summed E-state index contributed by atoms with van der Waals surface area (Å²) in [5.41, 5.74) is 10.5. The number of nitrogens with zero attached hydrogens (tertiary/aromatic N) is 3. The first kappa shape index (κ1) is 20.1. The lowest BCUT2D eigenvalue weighted by Gasteiger charge is -2.28. The Kier molecular flexibility index (Phi) is 5.26. The van der Waals surface area contributed by atoms with Crippen LogP contribution < -0.4 is 11.1 Å². The SMILES string of the molecule is Nc1nn(C(=O)C2CCNc3ccccc32)c2c1CCN(C(=O)OCc1ccccc1)C2. The van der Waals surface area contributed by atoms with E-state index in [1.165, 1.54) is 4.68 Å². The molecule has 8 nitrogen and oxygen atoms in total. The number of fused-ring (bicyclic) bond motifs is 2. The number of nitrogen functional groups attached to an aromatic ring is 1. The van der Waals surface area contributed by atoms with Crippen LogP contribution in [0.5, 0.6) is 0 Å². The molecule has 2 aliphatic rings. The smallest absolute Gasteiger partial charge is 0.410 e. The van der Waals surface area contributed by atoms with E-state index in [1.807, 2.05) is 54.6 Å². The first-order valence-corrected chi connectivity index (χ1v) is 10.8. The van der Waals surface area contributed by atoms with Crippen LogP contribution in [0.15, 0.2) is 54.6 Å². The molecule has 0 spiro atoms. The molecule has 0 radical (unpaired) electrons. The number of benzene rings is 2. The number of para-hydroxylation sites is 1. The van der Waals surface area contributed by atoms with Gasteiger partial charge in [0.2, 0.25) is 0 Å². The number of hydrogen-bond acceptors (Lipinski definition) is 6. The summed E-state index contributed by atoms with van der Waals surface area (Å²) >= 11 is 0. The third kappa shape index (κ3) is 3.68. The molecule has 3 heterocycles. The van der Waals surface area contributed by atoms with Gasteiger partial charge in [0.25, 0.3) is 5.91 Å². The van der Waals surface area contributed by atoms with E-state index in [0.717, 1.165) is 22.4 Å². The molecule has 3 N–H and O–H groups in total. The molecule has 32 heavy (non-hydrogen) atoms. The Balaban J connectivity index is 1.36. The van der Waals surface area contributed by atoms with Crippen LogP contribution in [-0.2, 0) is 24.3 Å². The first-order chi connectivity index (χ1) is 15.6. The van der Waals surface area contributed by atoms with Crippen LogP contribution in [0.2, 0.25) is 0 Å². The average Bonchev–Trinajstić information content (AvgIpc) is 3.18. The van der Waals surface area contributed by atoms with Crippen molar-refractivity contribution >= 4 is 23.5 Å². The van der Waals surface area contributed by atoms with Crippen molar-refractivity contribution in [3.8, 4) is 0 Å². The second-order valence-corrected chi connectivity index (χ2v) is 8.13. The Labute approximate surface area is 186 Å². The molecule has 3 aromatic rings. The van der Waals surface area contributed by atoms with E-state index in [0.29, 0.717) is 37.4 Å². The Morgan fingerprint density at radius 2 is 1.91 bits per heavy atom. The lowest BCUT2D eigenvalue weighted by Crippen LogP contribution is -2.38. The lowest BCUT2D eigenvalue weighted by molar-refractivity contribution is 0.0815. The minimum atomic E-state index is -0.412. The van der Waals surface area contributed by atoms with Gasteiger partial charge in [-0.15, -0.1) is 5.10 Å². The van der Waals surface area contributed by atoms with Crippen LogP contribution in [0.4, 0.5) is 16.3 Å². The van der Waals surface area contributed by atoms with Gasteiger partial charge in [0, 0.05) is 24.3 Å². The predicted molar refractivity (Wildman–Crippen MR) is 120 cm³/mol. The molecule has 1 amide bonds. The summed E-state index contributed by atoms with van der Waals surface area (Å²) < 4.78 is 6.90. The summed E-state index contributed by atoms with van der Waals surface area (Å²) in [4.78, 5) is 27.8. The summed E-state index contributed by atoms with van der Waals surface area (Å²) in [5, 5.41) is 7.71. The minimum absolute atomic E-state index is 0.119. The summed E-state index contributed by atoms with van der Waals surface area (Å²) in [6.07, 6.45) is 0.802. The second kappa shape index (κ2) is 8.37. The number of ether oxygens (including phenoxy) is 1. The zero-order valence-corrected chi connectivity index (χ0v) is 17.7. The molecular formula is C24H25N5O3. The molecule has 0 saturated carbocycles. The average molecular weight is 431 g/mol. The molecule has 5 rings (SSSR count). The van der Waals surface area contributed by atoms with Crippen LogP contribution in [-0.4, -0.2) is 39.8 Å². The van der Waals surface area contributed by atoms with Gasteiger partial charge in [-0.3, -0.25) is 4.79 Å². The van der Waals surface area contributed by atoms with Gasteiger partial charge in [0.05, 0.1) is 18.2 Å². The third-order valence-electron chi connectivity index (χ3n) is 6.15. The number of nitrogens with one attached hydrogen (secondary N) is 1. The van der Waals surface area contributed by atoms with Crippen molar-refractivity contribution in [2.75, 3.05) is 24.1 Å². The van der Waals surface area contributed by atoms with Crippen molar-refractivity contribution in [3.05, 3.63) is 77.0 Å². The van der Waals surface area contributed by atoms with E-state index >= 15 is 0 Å². The minimum Gasteiger partial charge on any atom is -0.445 e. The second-order valence-electron chi connectivity index (χ2n) is 8.13. The number of rotatable bonds is 3. The largest absolute Gasteiger partial charge is 0.445 e. The molecule has 0 saturated heterocycles. The van der Waals surface area contributed by atoms with E-state index in [-0.39, 0.29) is 25.0 Å². The van der Waals surface area contributed by atoms with Gasteiger partial charge in [-0.1, -0.05) is 48.5 Å². The molecule has 1 aromatic heterocycles. The molecule has 2 aromatic carbocycles. The van der Waals surface area contributed by atoms with E-state index < -0.39 is 6.09 Å². The van der Waals surface area contributed by atoms with Gasteiger partial charge < -0.3 is 20.7 Å². The van der Waals surface area contributed by atoms with Crippen molar-refractivity contribution in [1.29, 1.82) is 0 Å². The van der Waals surface area contributed by atoms with Gasteiger partial charge >= 0.3 is 6.09 Å². The number of aromatic nitrogens is 2. The maximum atomic E-state index is 13.5. The molecule has 1 atom stereocenters. The summed E-state index contributed by atoms with van der Waals surface area (Å²) in [6, 6.07) is 17.4. The molecule has 164 valence electrons. The van der Waals surface area contributed by atoms with Crippen molar-refractivity contribution in [1.82, 2.24) is 14.7 Å². The van der Waals surface area contributed by atoms with Gasteiger partial charge in [-0.25, -0.2) is 9.48 Å². The monoisotopic (exact) mass is 431 g/mol. The fraction of sp³-hybridized carbons (Fsp3) is 0.292. The molecule has 0 aliphatic carbocycles. The molecule has 0 bridgehead atoms. The Hall–Kier alpha value is -3.81. The topological polar surface area (TPSA) is 102 Å². The highest BCUT2D eigenvalue weighted by atomic mass is 16.6. The maximum absolute atomic E-state index is 13.5. The highest BCUT2D eigenvalue weighted by Crippen LogP contribution is 2.34. The van der Waals surface area contributed by atoms with Crippen molar-refractivity contribution in [3.63, 3.8) is 0 Å². The highest BCUT2D eigenvalue weighted by Gasteiger charge is 2.34. The lowest BCUT2D eigenvalue weighted by atomic mass is 9.90. The van der Waals surface area contributed by atoms with Crippen LogP contribution in [0.1, 0.15) is 39.5 Å². The van der Waals surface area contributed by atoms with Crippen molar-refractivity contribution in [2.24, 2.45) is 0 Å². The Morgan fingerprint density at radius 1 is 1.12 bits per heavy atom. The zero-order chi connectivity index (χ0) is 22.1. The maximum Gasteiger partial charge on any atom is 0.410 e. The zero-order valence-electron chi connectivity index (χ0n) is 17.7. The fourth-order valence-electron chi connectivity index (χ4n) is 4.47. The Morgan fingerprint density at radius 3 is 2.75 bits per heavy atom. The van der Waals surface area contributed by atoms with Crippen LogP contribution in [0.3, 0.4) is 0 Å². The normalized spacial score (nSPS) is 17.1. The third-order valence-corrected chi connectivity index (χ3v) is 6.15. The predicted octanol–water partition coefficient (Wildman–Crippen LogP) is 3.40. The molecule has 0 fully saturated rings. The number of anilines is 2. The number of hydrogen-bond donors (Lipinski definition) is 2. The molecule has 1 unspecified atom stereocenters. The molecule has 8 heteroatoms. The van der Waals surface area contributed by atoms with Gasteiger partial charge in [-0.2, -0.15) is 0 Å². The van der Waals surface area contributed by atoms with Gasteiger partial charge in [-0.05, 0) is 30.0 Å². The van der Waals surface area contributed by atoms with Crippen molar-refractivity contribution in [2.45, 2.75) is 31.9 Å². The molecular weight excluding hydrogens is 406 g/mol. The first-order valence-electron chi connectivity index (χ1n) is 10.8. The Bertz CT molecular complexity index is 1160. The van der Waals surface area contributed by atoms with Crippen LogP contribution in [0, 0.1) is 0 Å². The number of carbonyl (C=O) groups excluding carboxylic acids is 2. The summed E-state index contributed by atoms with van der Waals surface area (Å²) in [6.45, 7) is 1.63. The molecule has 2 aliphatic heterocycles. The quantitative estimate of drug-likeness (QED) is 0.659. The van der Waals surface area contributed by atoms with Gasteiger partial charge in [0.1, 0.15) is 12.4 Å². The van der Waals surface area contributed by atoms with E-state index in [4.69, 9.17) is 10.5 Å². The van der Waals surface area contributed by atoms with Crippen molar-refractivity contribution < 1.29 is 14.3 Å². The summed E-state index contributed by atoms with van der Waals surface area (Å²) in [5.74, 6) is -0.0736. The van der Waals surface area contributed by atoms with Crippen LogP contribution >= 0.6 is 0 Å². The van der Waals surface area contributed by atoms with Gasteiger partial charge in [0.15, 0.2) is 0 Å². The summed E-state index contributed by atoms with van der Waals surface area (Å²) in [7, 11) is 0. The fourth-order valence-corrected chi connectivity index (χ4v) is 4.47. The van der Waals surface area contributed by atoms with E-state index in [2.05, 4.69) is 10.4 Å². The van der Waals surface area contributed by atoms with Crippen LogP contribution in [0.25, 0.3) is 0 Å². The number of nitrogens with two attached hydrogens (primary N) is 1. The number of amides is 1. The number of carbonyl (C=O) groups is 2. The van der Waals surface area contributed by atoms with E-state index in [9.17, 15) is 9.59 Å². The standard InChI is InChI=1S/C24H25N5O3/c25-22-19-11-13-28(24(31)32-15-16-6-2-1-3-7-16)14-21(19)29(27-22)23(30)18-10-12-26-20-9-5-4-8-17(18)20/h1-9,18,26H,10-15H2,(H2,25,27).